The highest BCUT2D eigenvalue weighted by atomic mass is 28.3. The van der Waals surface area contributed by atoms with Gasteiger partial charge in [0.25, 0.3) is 0 Å². The Hall–Kier alpha value is -3.29. The predicted octanol–water partition coefficient (Wildman–Crippen LogP) is 8.96. The fraction of sp³-hybridized carbons (Fsp3) is 0.222. The fourth-order valence-corrected chi connectivity index (χ4v) is 3.89. The molecular weight excluding hydrogens is 521 g/mol. The van der Waals surface area contributed by atoms with Crippen LogP contribution in [0.4, 0.5) is 0 Å². The van der Waals surface area contributed by atoms with Gasteiger partial charge in [-0.05, 0) is 22.3 Å². The lowest BCUT2D eigenvalue weighted by Gasteiger charge is -2.45. The molecule has 0 amide bonds. The highest BCUT2D eigenvalue weighted by Gasteiger charge is 2.54. The summed E-state index contributed by atoms with van der Waals surface area (Å²) in [5.41, 5.74) is 3.25. The number of aliphatic hydroxyl groups is 2. The van der Waals surface area contributed by atoms with Crippen LogP contribution in [0.3, 0.4) is 0 Å². The molecule has 40 heavy (non-hydrogen) atoms. The van der Waals surface area contributed by atoms with Gasteiger partial charge in [0.1, 0.15) is 0 Å². The molecule has 2 N–H and O–H groups in total. The van der Waals surface area contributed by atoms with E-state index in [-0.39, 0.29) is 0 Å². The molecule has 0 saturated carbocycles. The minimum Gasteiger partial charge on any atom is -0.377 e. The van der Waals surface area contributed by atoms with Gasteiger partial charge in [0.15, 0.2) is 11.2 Å². The van der Waals surface area contributed by atoms with Crippen LogP contribution in [0.15, 0.2) is 146 Å². The second-order valence-corrected chi connectivity index (χ2v) is 22.3. The number of rotatable bonds is 7. The SMILES string of the molecule is C=C[Si](C)(C)C.C=C[Si](C)(C)C.OC(c1ccccc1)(c1ccccc1)C(O)(c1ccccc1)c1ccccc1. The lowest BCUT2D eigenvalue weighted by Crippen LogP contribution is -2.51. The van der Waals surface area contributed by atoms with E-state index in [4.69, 9.17) is 0 Å². The van der Waals surface area contributed by atoms with Crippen molar-refractivity contribution in [3.63, 3.8) is 0 Å². The van der Waals surface area contributed by atoms with Gasteiger partial charge < -0.3 is 10.2 Å². The third-order valence-corrected chi connectivity index (χ3v) is 8.96. The molecule has 0 fully saturated rings. The molecule has 2 nitrogen and oxygen atoms in total. The van der Waals surface area contributed by atoms with Crippen molar-refractivity contribution in [2.24, 2.45) is 0 Å². The van der Waals surface area contributed by atoms with E-state index in [1.807, 2.05) is 121 Å². The summed E-state index contributed by atoms with van der Waals surface area (Å²) >= 11 is 0. The summed E-state index contributed by atoms with van der Waals surface area (Å²) in [5, 5.41) is 24.7. The minimum absolute atomic E-state index is 0.622. The normalized spacial score (nSPS) is 11.7. The number of hydrogen-bond donors (Lipinski definition) is 2. The van der Waals surface area contributed by atoms with Crippen molar-refractivity contribution in [3.05, 3.63) is 168 Å². The lowest BCUT2D eigenvalue weighted by molar-refractivity contribution is -0.113. The predicted molar refractivity (Wildman–Crippen MR) is 179 cm³/mol. The molecular formula is C36H46O2Si2. The average molecular weight is 567 g/mol. The van der Waals surface area contributed by atoms with Gasteiger partial charge in [-0.15, -0.1) is 24.6 Å². The maximum Gasteiger partial charge on any atom is 0.152 e. The van der Waals surface area contributed by atoms with Crippen LogP contribution in [0.2, 0.25) is 39.3 Å². The second-order valence-electron chi connectivity index (χ2n) is 12.0. The summed E-state index contributed by atoms with van der Waals surface area (Å²) in [5.74, 6) is 0. The van der Waals surface area contributed by atoms with Gasteiger partial charge in [-0.3, -0.25) is 0 Å². The van der Waals surface area contributed by atoms with E-state index in [0.717, 1.165) is 0 Å². The maximum atomic E-state index is 12.3. The lowest BCUT2D eigenvalue weighted by atomic mass is 9.66. The van der Waals surface area contributed by atoms with Gasteiger partial charge in [0, 0.05) is 0 Å². The Morgan fingerprint density at radius 1 is 0.425 bits per heavy atom. The summed E-state index contributed by atoms with van der Waals surface area (Å²) in [6.07, 6.45) is 0. The first-order valence-electron chi connectivity index (χ1n) is 13.7. The smallest absolute Gasteiger partial charge is 0.152 e. The number of hydrogen-bond acceptors (Lipinski definition) is 2. The van der Waals surface area contributed by atoms with Crippen LogP contribution in [0.5, 0.6) is 0 Å². The van der Waals surface area contributed by atoms with Crippen LogP contribution in [0.25, 0.3) is 0 Å². The maximum absolute atomic E-state index is 12.3. The number of benzene rings is 4. The highest BCUT2D eigenvalue weighted by Crippen LogP contribution is 2.49. The van der Waals surface area contributed by atoms with Crippen LogP contribution >= 0.6 is 0 Å². The molecule has 0 atom stereocenters. The summed E-state index contributed by atoms with van der Waals surface area (Å²) in [4.78, 5) is 0. The minimum atomic E-state index is -1.70. The summed E-state index contributed by atoms with van der Waals surface area (Å²) in [7, 11) is -1.73. The third kappa shape index (κ3) is 8.61. The molecule has 0 saturated heterocycles. The molecule has 4 aromatic rings. The molecule has 0 spiro atoms. The van der Waals surface area contributed by atoms with Crippen molar-refractivity contribution < 1.29 is 10.2 Å². The van der Waals surface area contributed by atoms with Crippen LogP contribution < -0.4 is 0 Å². The van der Waals surface area contributed by atoms with Gasteiger partial charge in [0.05, 0.1) is 16.1 Å². The Bertz CT molecular complexity index is 1110. The van der Waals surface area contributed by atoms with Gasteiger partial charge >= 0.3 is 0 Å². The quantitative estimate of drug-likeness (QED) is 0.219. The van der Waals surface area contributed by atoms with E-state index in [1.54, 1.807) is 0 Å². The van der Waals surface area contributed by atoms with E-state index >= 15 is 0 Å². The third-order valence-electron chi connectivity index (χ3n) is 6.51. The summed E-state index contributed by atoms with van der Waals surface area (Å²) in [6, 6.07) is 37.4. The Morgan fingerprint density at radius 3 is 0.700 bits per heavy atom. The molecule has 4 heteroatoms. The summed E-state index contributed by atoms with van der Waals surface area (Å²) < 4.78 is 0. The molecule has 0 aliphatic heterocycles. The van der Waals surface area contributed by atoms with Crippen LogP contribution in [0, 0.1) is 0 Å². The van der Waals surface area contributed by atoms with Gasteiger partial charge in [-0.2, -0.15) is 0 Å². The summed E-state index contributed by atoms with van der Waals surface area (Å²) in [6.45, 7) is 21.0. The molecule has 4 rings (SSSR count). The van der Waals surface area contributed by atoms with E-state index in [0.29, 0.717) is 22.3 Å². The van der Waals surface area contributed by atoms with E-state index < -0.39 is 27.3 Å². The van der Waals surface area contributed by atoms with Crippen LogP contribution in [-0.2, 0) is 11.2 Å². The fourth-order valence-electron chi connectivity index (χ4n) is 3.89. The molecule has 4 aromatic carbocycles. The Morgan fingerprint density at radius 2 is 0.575 bits per heavy atom. The largest absolute Gasteiger partial charge is 0.377 e. The molecule has 0 heterocycles. The molecule has 0 aliphatic rings. The van der Waals surface area contributed by atoms with Crippen molar-refractivity contribution in [2.75, 3.05) is 0 Å². The molecule has 210 valence electrons. The van der Waals surface area contributed by atoms with E-state index in [1.165, 1.54) is 0 Å². The van der Waals surface area contributed by atoms with Crippen molar-refractivity contribution in [3.8, 4) is 0 Å². The monoisotopic (exact) mass is 566 g/mol. The first kappa shape index (κ1) is 32.9. The van der Waals surface area contributed by atoms with E-state index in [9.17, 15) is 10.2 Å². The van der Waals surface area contributed by atoms with Crippen LogP contribution in [-0.4, -0.2) is 26.4 Å². The van der Waals surface area contributed by atoms with Crippen LogP contribution in [0.1, 0.15) is 22.3 Å². The van der Waals surface area contributed by atoms with Crippen molar-refractivity contribution in [1.29, 1.82) is 0 Å². The molecule has 0 aromatic heterocycles. The van der Waals surface area contributed by atoms with Crippen molar-refractivity contribution in [1.82, 2.24) is 0 Å². The average Bonchev–Trinajstić information content (AvgIpc) is 2.98. The molecule has 0 radical (unpaired) electrons. The van der Waals surface area contributed by atoms with E-state index in [2.05, 4.69) is 63.8 Å². The molecule has 0 aliphatic carbocycles. The standard InChI is InChI=1S/C26H22O2.2C5H12Si/c27-25(21-13-5-1-6-14-21,22-15-7-2-8-16-22)26(28,23-17-9-3-10-18-23)24-19-11-4-12-20-24;2*1-5-6(2,3)4/h1-20,27-28H;2*5H,1H2,2-4H3. The zero-order valence-electron chi connectivity index (χ0n) is 25.0. The zero-order valence-corrected chi connectivity index (χ0v) is 27.0. The van der Waals surface area contributed by atoms with Gasteiger partial charge in [-0.1, -0.05) is 161 Å². The Balaban J connectivity index is 0.000000393. The van der Waals surface area contributed by atoms with Crippen molar-refractivity contribution >= 4 is 16.1 Å². The van der Waals surface area contributed by atoms with Crippen molar-refractivity contribution in [2.45, 2.75) is 50.5 Å². The second kappa shape index (κ2) is 14.4. The zero-order chi connectivity index (χ0) is 29.9. The molecule has 0 bridgehead atoms. The Labute approximate surface area is 244 Å². The molecule has 0 unspecified atom stereocenters. The highest BCUT2D eigenvalue weighted by molar-refractivity contribution is 6.81. The first-order chi connectivity index (χ1) is 18.8. The Kier molecular flexibility index (Phi) is 11.8. The first-order valence-corrected chi connectivity index (χ1v) is 20.9. The van der Waals surface area contributed by atoms with Gasteiger partial charge in [-0.25, -0.2) is 0 Å². The van der Waals surface area contributed by atoms with Gasteiger partial charge in [0.2, 0.25) is 0 Å². The topological polar surface area (TPSA) is 40.5 Å².